The van der Waals surface area contributed by atoms with Crippen LogP contribution in [-0.4, -0.2) is 30.6 Å². The number of hydrogen-bond acceptors (Lipinski definition) is 4. The lowest BCUT2D eigenvalue weighted by Gasteiger charge is -2.19. The Morgan fingerprint density at radius 3 is 2.58 bits per heavy atom. The Morgan fingerprint density at radius 1 is 1.29 bits per heavy atom. The van der Waals surface area contributed by atoms with Crippen molar-refractivity contribution in [3.05, 3.63) is 29.6 Å². The van der Waals surface area contributed by atoms with Crippen molar-refractivity contribution in [2.24, 2.45) is 5.92 Å². The fraction of sp³-hybridized carbons (Fsp3) is 0.556. The summed E-state index contributed by atoms with van der Waals surface area (Å²) in [7, 11) is 0. The molecule has 2 rings (SSSR count). The number of amides is 1. The fourth-order valence-electron chi connectivity index (χ4n) is 2.04. The number of ether oxygens (including phenoxy) is 2. The lowest BCUT2D eigenvalue weighted by Crippen LogP contribution is -2.35. The average molecular weight is 337 g/mol. The van der Waals surface area contributed by atoms with Crippen LogP contribution in [0.25, 0.3) is 0 Å². The van der Waals surface area contributed by atoms with Crippen LogP contribution in [0.5, 0.6) is 5.75 Å². The zero-order valence-electron chi connectivity index (χ0n) is 14.4. The first-order valence-corrected chi connectivity index (χ1v) is 8.13. The summed E-state index contributed by atoms with van der Waals surface area (Å²) in [5, 5.41) is 2.40. The number of rotatable bonds is 7. The standard InChI is InChI=1S/C18H24FNO4/c1-18(2,3)24-17(22)20-10-14(21)8-13-6-7-16(15(19)9-13)23-11-12-4-5-12/h6-7,9,12H,4-5,8,10-11H2,1-3H3,(H,20,22). The van der Waals surface area contributed by atoms with Crippen molar-refractivity contribution < 1.29 is 23.5 Å². The van der Waals surface area contributed by atoms with Gasteiger partial charge in [-0.25, -0.2) is 9.18 Å². The molecule has 0 aliphatic heterocycles. The molecule has 5 nitrogen and oxygen atoms in total. The molecular formula is C18H24FNO4. The second-order valence-corrected chi connectivity index (χ2v) is 7.09. The van der Waals surface area contributed by atoms with Gasteiger partial charge in [0.15, 0.2) is 17.3 Å². The molecule has 0 spiro atoms. The van der Waals surface area contributed by atoms with Gasteiger partial charge in [-0.1, -0.05) is 6.07 Å². The van der Waals surface area contributed by atoms with Gasteiger partial charge in [-0.3, -0.25) is 4.79 Å². The van der Waals surface area contributed by atoms with Gasteiger partial charge in [0, 0.05) is 6.42 Å². The Kier molecular flexibility index (Phi) is 5.80. The minimum atomic E-state index is -0.647. The lowest BCUT2D eigenvalue weighted by molar-refractivity contribution is -0.117. The normalized spacial score (nSPS) is 14.2. The van der Waals surface area contributed by atoms with E-state index in [4.69, 9.17) is 9.47 Å². The number of carbonyl (C=O) groups excluding carboxylic acids is 2. The maximum Gasteiger partial charge on any atom is 0.408 e. The maximum atomic E-state index is 13.9. The minimum absolute atomic E-state index is 0.0373. The Hall–Kier alpha value is -2.11. The SMILES string of the molecule is CC(C)(C)OC(=O)NCC(=O)Cc1ccc(OCC2CC2)c(F)c1. The van der Waals surface area contributed by atoms with Crippen molar-refractivity contribution in [2.75, 3.05) is 13.2 Å². The Labute approximate surface area is 141 Å². The molecular weight excluding hydrogens is 313 g/mol. The molecule has 0 atom stereocenters. The predicted octanol–water partition coefficient (Wildman–Crippen LogP) is 3.25. The highest BCUT2D eigenvalue weighted by Crippen LogP contribution is 2.30. The average Bonchev–Trinajstić information content (AvgIpc) is 3.27. The molecule has 1 N–H and O–H groups in total. The van der Waals surface area contributed by atoms with Gasteiger partial charge < -0.3 is 14.8 Å². The molecule has 6 heteroatoms. The molecule has 0 unspecified atom stereocenters. The van der Waals surface area contributed by atoms with Crippen molar-refractivity contribution in [1.29, 1.82) is 0 Å². The molecule has 1 saturated carbocycles. The highest BCUT2D eigenvalue weighted by molar-refractivity contribution is 5.85. The quantitative estimate of drug-likeness (QED) is 0.829. The van der Waals surface area contributed by atoms with Crippen LogP contribution < -0.4 is 10.1 Å². The third-order valence-corrected chi connectivity index (χ3v) is 3.40. The summed E-state index contributed by atoms with van der Waals surface area (Å²) in [5.41, 5.74) is -0.0747. The first kappa shape index (κ1) is 18.2. The van der Waals surface area contributed by atoms with Crippen LogP contribution in [0.1, 0.15) is 39.2 Å². The summed E-state index contributed by atoms with van der Waals surface area (Å²) < 4.78 is 24.4. The van der Waals surface area contributed by atoms with Crippen molar-refractivity contribution in [1.82, 2.24) is 5.32 Å². The van der Waals surface area contributed by atoms with E-state index in [0.717, 1.165) is 12.8 Å². The molecule has 1 aliphatic carbocycles. The van der Waals surface area contributed by atoms with Gasteiger partial charge in [0.25, 0.3) is 0 Å². The summed E-state index contributed by atoms with van der Waals surface area (Å²) in [4.78, 5) is 23.4. The van der Waals surface area contributed by atoms with E-state index in [1.54, 1.807) is 32.9 Å². The van der Waals surface area contributed by atoms with E-state index in [1.807, 2.05) is 0 Å². The molecule has 1 aliphatic rings. The number of benzene rings is 1. The third kappa shape index (κ3) is 6.56. The van der Waals surface area contributed by atoms with Gasteiger partial charge in [-0.15, -0.1) is 0 Å². The zero-order valence-corrected chi connectivity index (χ0v) is 14.4. The molecule has 0 saturated heterocycles. The topological polar surface area (TPSA) is 64.6 Å². The van der Waals surface area contributed by atoms with E-state index >= 15 is 0 Å². The van der Waals surface area contributed by atoms with E-state index in [2.05, 4.69) is 5.32 Å². The molecule has 0 aromatic heterocycles. The van der Waals surface area contributed by atoms with Gasteiger partial charge in [-0.05, 0) is 57.2 Å². The van der Waals surface area contributed by atoms with E-state index in [-0.39, 0.29) is 24.5 Å². The van der Waals surface area contributed by atoms with Gasteiger partial charge in [0.05, 0.1) is 13.2 Å². The van der Waals surface area contributed by atoms with E-state index in [0.29, 0.717) is 18.1 Å². The van der Waals surface area contributed by atoms with E-state index in [1.165, 1.54) is 6.07 Å². The molecule has 0 bridgehead atoms. The maximum absolute atomic E-state index is 13.9. The molecule has 1 amide bonds. The Morgan fingerprint density at radius 2 is 2.00 bits per heavy atom. The van der Waals surface area contributed by atoms with Crippen LogP contribution in [0.3, 0.4) is 0 Å². The second-order valence-electron chi connectivity index (χ2n) is 7.09. The highest BCUT2D eigenvalue weighted by atomic mass is 19.1. The van der Waals surface area contributed by atoms with Crippen molar-refractivity contribution in [2.45, 2.75) is 45.6 Å². The largest absolute Gasteiger partial charge is 0.490 e. The Bertz CT molecular complexity index is 606. The molecule has 0 radical (unpaired) electrons. The van der Waals surface area contributed by atoms with E-state index < -0.39 is 17.5 Å². The van der Waals surface area contributed by atoms with Crippen LogP contribution >= 0.6 is 0 Å². The summed E-state index contributed by atoms with van der Waals surface area (Å²) in [6.45, 7) is 5.60. The minimum Gasteiger partial charge on any atom is -0.490 e. The highest BCUT2D eigenvalue weighted by Gasteiger charge is 2.22. The molecule has 1 aromatic rings. The molecule has 1 aromatic carbocycles. The fourth-order valence-corrected chi connectivity index (χ4v) is 2.04. The first-order chi connectivity index (χ1) is 11.2. The number of halogens is 1. The number of Topliss-reactive ketones (excluding diaryl/α,β-unsaturated/α-hetero) is 1. The second kappa shape index (κ2) is 7.64. The number of hydrogen-bond donors (Lipinski definition) is 1. The molecule has 1 fully saturated rings. The zero-order chi connectivity index (χ0) is 17.7. The number of alkyl carbamates (subject to hydrolysis) is 1. The predicted molar refractivity (Wildman–Crippen MR) is 87.6 cm³/mol. The summed E-state index contributed by atoms with van der Waals surface area (Å²) >= 11 is 0. The van der Waals surface area contributed by atoms with Crippen LogP contribution in [0.2, 0.25) is 0 Å². The molecule has 24 heavy (non-hydrogen) atoms. The summed E-state index contributed by atoms with van der Waals surface area (Å²) in [6, 6.07) is 4.51. The monoisotopic (exact) mass is 337 g/mol. The van der Waals surface area contributed by atoms with Crippen LogP contribution in [0, 0.1) is 11.7 Å². The number of carbonyl (C=O) groups is 2. The smallest absolute Gasteiger partial charge is 0.408 e. The Balaban J connectivity index is 1.78. The van der Waals surface area contributed by atoms with Crippen molar-refractivity contribution in [3.63, 3.8) is 0 Å². The van der Waals surface area contributed by atoms with Crippen LogP contribution in [0.4, 0.5) is 9.18 Å². The van der Waals surface area contributed by atoms with Crippen LogP contribution in [0.15, 0.2) is 18.2 Å². The summed E-state index contributed by atoms with van der Waals surface area (Å²) in [5.74, 6) is 0.0579. The molecule has 132 valence electrons. The molecule has 0 heterocycles. The first-order valence-electron chi connectivity index (χ1n) is 8.13. The van der Waals surface area contributed by atoms with Crippen molar-refractivity contribution >= 4 is 11.9 Å². The lowest BCUT2D eigenvalue weighted by atomic mass is 10.1. The van der Waals surface area contributed by atoms with E-state index in [9.17, 15) is 14.0 Å². The van der Waals surface area contributed by atoms with Crippen molar-refractivity contribution in [3.8, 4) is 5.75 Å². The van der Waals surface area contributed by atoms with Gasteiger partial charge in [0.2, 0.25) is 0 Å². The number of ketones is 1. The van der Waals surface area contributed by atoms with Gasteiger partial charge >= 0.3 is 6.09 Å². The number of nitrogens with one attached hydrogen (secondary N) is 1. The van der Waals surface area contributed by atoms with Gasteiger partial charge in [0.1, 0.15) is 5.60 Å². The van der Waals surface area contributed by atoms with Crippen LogP contribution in [-0.2, 0) is 16.0 Å². The van der Waals surface area contributed by atoms with Gasteiger partial charge in [-0.2, -0.15) is 0 Å². The third-order valence-electron chi connectivity index (χ3n) is 3.40. The summed E-state index contributed by atoms with van der Waals surface area (Å²) in [6.07, 6.45) is 1.67.